The molecular weight excluding hydrogens is 273 g/mol. The molecule has 0 N–H and O–H groups in total. The molecule has 0 bridgehead atoms. The minimum absolute atomic E-state index is 0.0104. The lowest BCUT2D eigenvalue weighted by molar-refractivity contribution is -0.142. The van der Waals surface area contributed by atoms with Crippen molar-refractivity contribution in [3.05, 3.63) is 29.3 Å². The highest BCUT2D eigenvalue weighted by molar-refractivity contribution is 5.72. The van der Waals surface area contributed by atoms with Gasteiger partial charge >= 0.3 is 12.1 Å². The van der Waals surface area contributed by atoms with Gasteiger partial charge in [-0.15, -0.1) is 0 Å². The lowest BCUT2D eigenvalue weighted by Crippen LogP contribution is -2.05. The van der Waals surface area contributed by atoms with E-state index in [1.807, 2.05) is 0 Å². The van der Waals surface area contributed by atoms with Gasteiger partial charge in [0.2, 0.25) is 0 Å². The zero-order valence-electron chi connectivity index (χ0n) is 11.0. The molecule has 0 aliphatic heterocycles. The molecule has 0 saturated heterocycles. The number of halogens is 3. The van der Waals surface area contributed by atoms with E-state index in [-0.39, 0.29) is 24.3 Å². The average Bonchev–Trinajstić information content (AvgIpc) is 2.38. The van der Waals surface area contributed by atoms with E-state index in [1.165, 1.54) is 13.2 Å². The van der Waals surface area contributed by atoms with Gasteiger partial charge in [-0.3, -0.25) is 4.79 Å². The lowest BCUT2D eigenvalue weighted by Gasteiger charge is -2.09. The number of hydrogen-bond acceptors (Lipinski definition) is 3. The summed E-state index contributed by atoms with van der Waals surface area (Å²) >= 11 is 0. The van der Waals surface area contributed by atoms with Crippen molar-refractivity contribution in [2.45, 2.75) is 19.5 Å². The van der Waals surface area contributed by atoms with E-state index in [9.17, 15) is 18.0 Å². The topological polar surface area (TPSA) is 35.5 Å². The number of hydrogen-bond donors (Lipinski definition) is 0. The van der Waals surface area contributed by atoms with Crippen LogP contribution in [0.2, 0.25) is 0 Å². The van der Waals surface area contributed by atoms with E-state index in [4.69, 9.17) is 4.74 Å². The Kier molecular flexibility index (Phi) is 5.44. The van der Waals surface area contributed by atoms with Crippen LogP contribution in [0, 0.1) is 11.8 Å². The van der Waals surface area contributed by atoms with Gasteiger partial charge in [0.1, 0.15) is 12.2 Å². The zero-order valence-corrected chi connectivity index (χ0v) is 11.0. The number of carbonyl (C=O) groups excluding carboxylic acids is 1. The second-order valence-electron chi connectivity index (χ2n) is 3.70. The maximum absolute atomic E-state index is 12.5. The van der Waals surface area contributed by atoms with Gasteiger partial charge in [-0.25, -0.2) is 0 Å². The minimum Gasteiger partial charge on any atom is -0.495 e. The Labute approximate surface area is 114 Å². The minimum atomic E-state index is -4.44. The predicted molar refractivity (Wildman–Crippen MR) is 66.1 cm³/mol. The first-order valence-electron chi connectivity index (χ1n) is 5.78. The molecule has 0 amide bonds. The molecule has 0 fully saturated rings. The third-order valence-electron chi connectivity index (χ3n) is 2.29. The summed E-state index contributed by atoms with van der Waals surface area (Å²) in [6, 6.07) is 2.99. The summed E-state index contributed by atoms with van der Waals surface area (Å²) in [5, 5.41) is 0. The summed E-state index contributed by atoms with van der Waals surface area (Å²) in [5.74, 6) is 4.65. The fourth-order valence-electron chi connectivity index (χ4n) is 1.39. The summed E-state index contributed by atoms with van der Waals surface area (Å²) < 4.78 is 47.1. The second kappa shape index (κ2) is 6.85. The van der Waals surface area contributed by atoms with Crippen LogP contribution in [0.25, 0.3) is 0 Å². The maximum atomic E-state index is 12.5. The van der Waals surface area contributed by atoms with Crippen LogP contribution in [0.5, 0.6) is 5.75 Å². The molecule has 6 heteroatoms. The van der Waals surface area contributed by atoms with Gasteiger partial charge in [-0.05, 0) is 25.1 Å². The quantitative estimate of drug-likeness (QED) is 0.633. The first-order valence-corrected chi connectivity index (χ1v) is 5.78. The van der Waals surface area contributed by atoms with Gasteiger partial charge in [-0.2, -0.15) is 13.2 Å². The van der Waals surface area contributed by atoms with E-state index < -0.39 is 17.7 Å². The number of ether oxygens (including phenoxy) is 2. The van der Waals surface area contributed by atoms with Crippen LogP contribution >= 0.6 is 0 Å². The molecule has 0 heterocycles. The van der Waals surface area contributed by atoms with Gasteiger partial charge in [-0.1, -0.05) is 11.8 Å². The van der Waals surface area contributed by atoms with Crippen molar-refractivity contribution in [2.24, 2.45) is 0 Å². The Hall–Kier alpha value is -2.16. The summed E-state index contributed by atoms with van der Waals surface area (Å²) in [7, 11) is 1.26. The van der Waals surface area contributed by atoms with Crippen molar-refractivity contribution in [1.29, 1.82) is 0 Å². The van der Waals surface area contributed by atoms with Crippen molar-refractivity contribution in [1.82, 2.24) is 0 Å². The van der Waals surface area contributed by atoms with Crippen LogP contribution in [-0.2, 0) is 15.7 Å². The summed E-state index contributed by atoms with van der Waals surface area (Å²) in [4.78, 5) is 11.1. The van der Waals surface area contributed by atoms with Gasteiger partial charge < -0.3 is 9.47 Å². The van der Waals surface area contributed by atoms with Crippen molar-refractivity contribution in [3.63, 3.8) is 0 Å². The molecular formula is C14H13F3O3. The number of alkyl halides is 3. The highest BCUT2D eigenvalue weighted by Gasteiger charge is 2.31. The number of benzene rings is 1. The molecule has 0 spiro atoms. The number of esters is 1. The van der Waals surface area contributed by atoms with Crippen molar-refractivity contribution in [3.8, 4) is 17.6 Å². The standard InChI is InChI=1S/C14H13F3O3/c1-3-20-13(18)6-4-5-10-7-8-11(14(15,16)17)9-12(10)19-2/h7-9H,3,6H2,1-2H3. The van der Waals surface area contributed by atoms with Gasteiger partial charge in [0, 0.05) is 0 Å². The van der Waals surface area contributed by atoms with Crippen LogP contribution in [0.3, 0.4) is 0 Å². The van der Waals surface area contributed by atoms with Gasteiger partial charge in [0.15, 0.2) is 0 Å². The van der Waals surface area contributed by atoms with Crippen LogP contribution in [0.1, 0.15) is 24.5 Å². The van der Waals surface area contributed by atoms with Crippen molar-refractivity contribution < 1.29 is 27.4 Å². The van der Waals surface area contributed by atoms with E-state index in [1.54, 1.807) is 6.92 Å². The molecule has 0 saturated carbocycles. The van der Waals surface area contributed by atoms with Crippen molar-refractivity contribution >= 4 is 5.97 Å². The Balaban J connectivity index is 2.92. The Bertz CT molecular complexity index is 539. The molecule has 1 rings (SSSR count). The summed E-state index contributed by atoms with van der Waals surface area (Å²) in [6.45, 7) is 1.92. The molecule has 0 unspecified atom stereocenters. The predicted octanol–water partition coefficient (Wildman–Crippen LogP) is 3.02. The highest BCUT2D eigenvalue weighted by atomic mass is 19.4. The number of methoxy groups -OCH3 is 1. The van der Waals surface area contributed by atoms with E-state index in [0.717, 1.165) is 12.1 Å². The van der Waals surface area contributed by atoms with Crippen LogP contribution in [0.4, 0.5) is 13.2 Å². The molecule has 0 aliphatic rings. The highest BCUT2D eigenvalue weighted by Crippen LogP contribution is 2.32. The fraction of sp³-hybridized carbons (Fsp3) is 0.357. The molecule has 0 atom stereocenters. The second-order valence-corrected chi connectivity index (χ2v) is 3.70. The normalized spacial score (nSPS) is 10.4. The Morgan fingerprint density at radius 1 is 1.35 bits per heavy atom. The molecule has 0 aliphatic carbocycles. The molecule has 20 heavy (non-hydrogen) atoms. The first kappa shape index (κ1) is 15.9. The molecule has 3 nitrogen and oxygen atoms in total. The fourth-order valence-corrected chi connectivity index (χ4v) is 1.39. The van der Waals surface area contributed by atoms with Crippen LogP contribution < -0.4 is 4.74 Å². The molecule has 108 valence electrons. The summed E-state index contributed by atoms with van der Waals surface area (Å²) in [5.41, 5.74) is -0.532. The van der Waals surface area contributed by atoms with E-state index >= 15 is 0 Å². The molecule has 0 radical (unpaired) electrons. The van der Waals surface area contributed by atoms with E-state index in [2.05, 4.69) is 16.6 Å². The maximum Gasteiger partial charge on any atom is 0.416 e. The Morgan fingerprint density at radius 3 is 2.60 bits per heavy atom. The lowest BCUT2D eigenvalue weighted by atomic mass is 10.1. The Morgan fingerprint density at radius 2 is 2.05 bits per heavy atom. The molecule has 0 aromatic heterocycles. The van der Waals surface area contributed by atoms with Crippen molar-refractivity contribution in [2.75, 3.05) is 13.7 Å². The van der Waals surface area contributed by atoms with E-state index in [0.29, 0.717) is 0 Å². The number of rotatable bonds is 3. The van der Waals surface area contributed by atoms with Gasteiger partial charge in [0.25, 0.3) is 0 Å². The third-order valence-corrected chi connectivity index (χ3v) is 2.29. The SMILES string of the molecule is CCOC(=O)CC#Cc1ccc(C(F)(F)F)cc1OC. The third kappa shape index (κ3) is 4.50. The largest absolute Gasteiger partial charge is 0.495 e. The summed E-state index contributed by atoms with van der Waals surface area (Å²) in [6.07, 6.45) is -4.57. The number of carbonyl (C=O) groups is 1. The monoisotopic (exact) mass is 286 g/mol. The molecule has 1 aromatic rings. The van der Waals surface area contributed by atoms with Gasteiger partial charge in [0.05, 0.1) is 24.8 Å². The smallest absolute Gasteiger partial charge is 0.416 e. The zero-order chi connectivity index (χ0) is 15.2. The van der Waals surface area contributed by atoms with Crippen LogP contribution in [0.15, 0.2) is 18.2 Å². The molecule has 1 aromatic carbocycles. The average molecular weight is 286 g/mol. The van der Waals surface area contributed by atoms with Crippen LogP contribution in [-0.4, -0.2) is 19.7 Å². The first-order chi connectivity index (χ1) is 9.38.